The van der Waals surface area contributed by atoms with Crippen molar-refractivity contribution in [3.05, 3.63) is 200 Å². The molecule has 0 saturated heterocycles. The van der Waals surface area contributed by atoms with Crippen LogP contribution in [-0.2, 0) is 0 Å². The van der Waals surface area contributed by atoms with Crippen molar-refractivity contribution in [1.82, 2.24) is 0 Å². The Bertz CT molecular complexity index is 2890. The first-order valence-corrected chi connectivity index (χ1v) is 18.6. The molecule has 2 heteroatoms. The summed E-state index contributed by atoms with van der Waals surface area (Å²) < 4.78 is 2.62. The minimum absolute atomic E-state index is 1.12. The van der Waals surface area contributed by atoms with E-state index in [0.29, 0.717) is 0 Å². The molecule has 9 aromatic carbocycles. The van der Waals surface area contributed by atoms with E-state index in [2.05, 4.69) is 205 Å². The number of rotatable bonds is 6. The summed E-state index contributed by atoms with van der Waals surface area (Å²) in [5.74, 6) is 0. The van der Waals surface area contributed by atoms with Crippen molar-refractivity contribution in [3.8, 4) is 33.4 Å². The Hall–Kier alpha value is -6.48. The van der Waals surface area contributed by atoms with Crippen LogP contribution in [0.2, 0.25) is 0 Å². The lowest BCUT2D eigenvalue weighted by Crippen LogP contribution is -2.09. The van der Waals surface area contributed by atoms with Gasteiger partial charge < -0.3 is 4.90 Å². The highest BCUT2D eigenvalue weighted by molar-refractivity contribution is 7.25. The van der Waals surface area contributed by atoms with Gasteiger partial charge in [0.2, 0.25) is 0 Å². The Balaban J connectivity index is 1.08. The maximum atomic E-state index is 2.40. The van der Waals surface area contributed by atoms with E-state index in [-0.39, 0.29) is 0 Å². The van der Waals surface area contributed by atoms with Crippen LogP contribution in [0, 0.1) is 0 Å². The zero-order valence-electron chi connectivity index (χ0n) is 28.4. The fourth-order valence-electron chi connectivity index (χ4n) is 7.52. The molecule has 0 aliphatic heterocycles. The number of anilines is 3. The van der Waals surface area contributed by atoms with Gasteiger partial charge in [-0.05, 0) is 122 Å². The zero-order valence-corrected chi connectivity index (χ0v) is 29.2. The number of fused-ring (bicyclic) bond motifs is 5. The van der Waals surface area contributed by atoms with Gasteiger partial charge in [0.1, 0.15) is 0 Å². The van der Waals surface area contributed by atoms with Crippen molar-refractivity contribution in [1.29, 1.82) is 0 Å². The second-order valence-corrected chi connectivity index (χ2v) is 14.5. The van der Waals surface area contributed by atoms with Crippen molar-refractivity contribution in [2.24, 2.45) is 0 Å². The molecule has 10 aromatic rings. The van der Waals surface area contributed by atoms with Crippen molar-refractivity contribution in [2.75, 3.05) is 4.90 Å². The van der Waals surface area contributed by atoms with Crippen LogP contribution in [0.4, 0.5) is 17.1 Å². The molecule has 1 heterocycles. The summed E-state index contributed by atoms with van der Waals surface area (Å²) in [6.45, 7) is 0. The van der Waals surface area contributed by atoms with E-state index in [1.807, 2.05) is 11.3 Å². The summed E-state index contributed by atoms with van der Waals surface area (Å²) in [7, 11) is 0. The molecule has 0 spiro atoms. The molecule has 244 valence electrons. The first-order chi connectivity index (χ1) is 25.7. The van der Waals surface area contributed by atoms with Gasteiger partial charge in [-0.3, -0.25) is 0 Å². The smallest absolute Gasteiger partial charge is 0.0468 e. The zero-order chi connectivity index (χ0) is 34.4. The topological polar surface area (TPSA) is 3.24 Å². The van der Waals surface area contributed by atoms with Crippen LogP contribution in [0.25, 0.3) is 75.1 Å². The third-order valence-corrected chi connectivity index (χ3v) is 11.4. The standard InChI is InChI=1S/C50H33NS/c1-3-9-34(10-4-1)36-21-24-44(25-22-36)51(46-27-28-50-48(33-46)47-13-7-8-14-49(47)52-50)45-26-23-38-17-20-41(31-43(38)32-45)40-19-16-37-15-18-39(29-42(37)30-40)35-11-5-2-6-12-35/h1-33H. The predicted molar refractivity (Wildman–Crippen MR) is 225 cm³/mol. The van der Waals surface area contributed by atoms with E-state index in [1.165, 1.54) is 75.1 Å². The molecule has 0 fully saturated rings. The molecule has 10 rings (SSSR count). The number of nitrogens with zero attached hydrogens (tertiary/aromatic N) is 1. The van der Waals surface area contributed by atoms with Gasteiger partial charge in [-0.15, -0.1) is 11.3 Å². The normalized spacial score (nSPS) is 11.5. The monoisotopic (exact) mass is 679 g/mol. The molecule has 0 saturated carbocycles. The predicted octanol–water partition coefficient (Wildman–Crippen LogP) is 14.8. The lowest BCUT2D eigenvalue weighted by atomic mass is 9.96. The largest absolute Gasteiger partial charge is 0.310 e. The van der Waals surface area contributed by atoms with Crippen LogP contribution < -0.4 is 4.90 Å². The quantitative estimate of drug-likeness (QED) is 0.169. The van der Waals surface area contributed by atoms with Crippen LogP contribution in [0.5, 0.6) is 0 Å². The van der Waals surface area contributed by atoms with Crippen LogP contribution in [0.1, 0.15) is 0 Å². The molecule has 0 bridgehead atoms. The minimum Gasteiger partial charge on any atom is -0.310 e. The van der Waals surface area contributed by atoms with Gasteiger partial charge in [0.05, 0.1) is 0 Å². The molecule has 0 atom stereocenters. The van der Waals surface area contributed by atoms with Gasteiger partial charge in [0.15, 0.2) is 0 Å². The number of hydrogen-bond donors (Lipinski definition) is 0. The summed E-state index contributed by atoms with van der Waals surface area (Å²) in [5, 5.41) is 7.52. The van der Waals surface area contributed by atoms with Crippen molar-refractivity contribution < 1.29 is 0 Å². The first kappa shape index (κ1) is 30.4. The second kappa shape index (κ2) is 12.7. The minimum atomic E-state index is 1.12. The maximum absolute atomic E-state index is 2.40. The summed E-state index contributed by atoms with van der Waals surface area (Å²) in [4.78, 5) is 2.40. The van der Waals surface area contributed by atoms with Crippen molar-refractivity contribution in [3.63, 3.8) is 0 Å². The summed E-state index contributed by atoms with van der Waals surface area (Å²) in [6.07, 6.45) is 0. The molecule has 0 aliphatic rings. The molecule has 0 unspecified atom stereocenters. The Morgan fingerprint density at radius 3 is 1.38 bits per heavy atom. The highest BCUT2D eigenvalue weighted by Crippen LogP contribution is 2.42. The van der Waals surface area contributed by atoms with E-state index in [0.717, 1.165) is 17.1 Å². The van der Waals surface area contributed by atoms with Crippen molar-refractivity contribution >= 4 is 70.1 Å². The first-order valence-electron chi connectivity index (χ1n) is 17.7. The molecule has 0 radical (unpaired) electrons. The highest BCUT2D eigenvalue weighted by atomic mass is 32.1. The van der Waals surface area contributed by atoms with Gasteiger partial charge >= 0.3 is 0 Å². The molecule has 1 nitrogen and oxygen atoms in total. The average Bonchev–Trinajstić information content (AvgIpc) is 3.59. The lowest BCUT2D eigenvalue weighted by molar-refractivity contribution is 1.30. The van der Waals surface area contributed by atoms with E-state index in [4.69, 9.17) is 0 Å². The van der Waals surface area contributed by atoms with Gasteiger partial charge in [0, 0.05) is 37.2 Å². The number of thiophene rings is 1. The Labute approximate surface area is 307 Å². The molecular weight excluding hydrogens is 647 g/mol. The summed E-state index contributed by atoms with van der Waals surface area (Å²) in [5.41, 5.74) is 10.7. The van der Waals surface area contributed by atoms with Crippen molar-refractivity contribution in [2.45, 2.75) is 0 Å². The fraction of sp³-hybridized carbons (Fsp3) is 0. The van der Waals surface area contributed by atoms with Gasteiger partial charge in [0.25, 0.3) is 0 Å². The Kier molecular flexibility index (Phi) is 7.41. The van der Waals surface area contributed by atoms with Gasteiger partial charge in [-0.2, -0.15) is 0 Å². The second-order valence-electron chi connectivity index (χ2n) is 13.4. The molecule has 52 heavy (non-hydrogen) atoms. The van der Waals surface area contributed by atoms with Crippen LogP contribution in [0.15, 0.2) is 200 Å². The van der Waals surface area contributed by atoms with Crippen LogP contribution in [0.3, 0.4) is 0 Å². The number of hydrogen-bond acceptors (Lipinski definition) is 2. The van der Waals surface area contributed by atoms with E-state index in [1.54, 1.807) is 0 Å². The maximum Gasteiger partial charge on any atom is 0.0468 e. The van der Waals surface area contributed by atoms with Gasteiger partial charge in [-0.25, -0.2) is 0 Å². The van der Waals surface area contributed by atoms with E-state index >= 15 is 0 Å². The molecule has 1 aromatic heterocycles. The SMILES string of the molecule is c1ccc(-c2ccc(N(c3ccc4ccc(-c5ccc6ccc(-c7ccccc7)cc6c5)cc4c3)c3ccc4sc5ccccc5c4c3)cc2)cc1. The van der Waals surface area contributed by atoms with Gasteiger partial charge in [-0.1, -0.05) is 133 Å². The van der Waals surface area contributed by atoms with Crippen LogP contribution in [-0.4, -0.2) is 0 Å². The average molecular weight is 680 g/mol. The fourth-order valence-corrected chi connectivity index (χ4v) is 8.61. The molecule has 0 amide bonds. The number of benzene rings is 9. The molecular formula is C50H33NS. The third kappa shape index (κ3) is 5.51. The Morgan fingerprint density at radius 2 is 0.712 bits per heavy atom. The highest BCUT2D eigenvalue weighted by Gasteiger charge is 2.16. The van der Waals surface area contributed by atoms with Crippen LogP contribution >= 0.6 is 11.3 Å². The Morgan fingerprint density at radius 1 is 0.269 bits per heavy atom. The third-order valence-electron chi connectivity index (χ3n) is 10.2. The summed E-state index contributed by atoms with van der Waals surface area (Å²) >= 11 is 1.86. The van der Waals surface area contributed by atoms with E-state index < -0.39 is 0 Å². The summed E-state index contributed by atoms with van der Waals surface area (Å²) in [6, 6.07) is 73.1. The molecule has 0 aliphatic carbocycles. The van der Waals surface area contributed by atoms with E-state index in [9.17, 15) is 0 Å². The molecule has 0 N–H and O–H groups in total. The lowest BCUT2D eigenvalue weighted by Gasteiger charge is -2.26.